The van der Waals surface area contributed by atoms with Crippen LogP contribution in [0.3, 0.4) is 0 Å². The van der Waals surface area contributed by atoms with Gasteiger partial charge in [0, 0.05) is 72.7 Å². The van der Waals surface area contributed by atoms with Gasteiger partial charge in [-0.3, -0.25) is 14.1 Å². The summed E-state index contributed by atoms with van der Waals surface area (Å²) in [5.74, 6) is -3.82. The number of aromatic amines is 1. The molecule has 0 radical (unpaired) electrons. The van der Waals surface area contributed by atoms with Crippen LogP contribution in [0.25, 0.3) is 18.2 Å². The first-order valence-corrected chi connectivity index (χ1v) is 23.2. The van der Waals surface area contributed by atoms with Gasteiger partial charge in [-0.05, 0) is 87.1 Å². The fraction of sp³-hybridized carbons (Fsp3) is 0.378. The van der Waals surface area contributed by atoms with Crippen molar-refractivity contribution in [3.63, 3.8) is 0 Å². The zero-order valence-corrected chi connectivity index (χ0v) is 38.4. The number of hydrogen-bond acceptors (Lipinski definition) is 9. The lowest BCUT2D eigenvalue weighted by Gasteiger charge is -2.31. The number of halogens is 2. The van der Waals surface area contributed by atoms with Crippen molar-refractivity contribution in [1.82, 2.24) is 24.8 Å². The normalized spacial score (nSPS) is 15.0. The van der Waals surface area contributed by atoms with E-state index in [0.29, 0.717) is 45.4 Å². The van der Waals surface area contributed by atoms with E-state index in [-0.39, 0.29) is 45.3 Å². The van der Waals surface area contributed by atoms with Gasteiger partial charge >= 0.3 is 12.9 Å². The van der Waals surface area contributed by atoms with E-state index < -0.39 is 58.4 Å². The van der Waals surface area contributed by atoms with Gasteiger partial charge in [0.25, 0.3) is 10.1 Å². The molecule has 17 nitrogen and oxygen atoms in total. The molecule has 1 aromatic carbocycles. The van der Waals surface area contributed by atoms with Crippen molar-refractivity contribution < 1.29 is 64.7 Å². The third kappa shape index (κ3) is 12.5. The molecule has 0 spiro atoms. The monoisotopic (exact) mass is 936 g/mol. The van der Waals surface area contributed by atoms with Crippen LogP contribution in [0.15, 0.2) is 71.9 Å². The lowest BCUT2D eigenvalue weighted by molar-refractivity contribution is -0.870. The van der Waals surface area contributed by atoms with Crippen molar-refractivity contribution >= 4 is 58.8 Å². The SMILES string of the molecule is Cc1ccc(C2=[N+]3C(=Cc4c(C)cc(C=Cc5ccc(OCCCC(=O)NC(CS(=O)(=O)O)C(=O)NCCCCC(=O)On6c(O)ccc6O)cc5)n4[B-]3(F)F)C(CCC[N+](C)(C)C)=C2)[nH]1. The lowest BCUT2D eigenvalue weighted by Crippen LogP contribution is -2.51. The van der Waals surface area contributed by atoms with Crippen LogP contribution in [0.5, 0.6) is 17.5 Å². The summed E-state index contributed by atoms with van der Waals surface area (Å²) in [5.41, 5.74) is 5.65. The van der Waals surface area contributed by atoms with E-state index in [4.69, 9.17) is 9.57 Å². The number of H-pyrrole nitrogens is 1. The largest absolute Gasteiger partial charge is 0.737 e. The van der Waals surface area contributed by atoms with E-state index in [2.05, 4.69) is 36.8 Å². The van der Waals surface area contributed by atoms with E-state index >= 15 is 8.63 Å². The maximum absolute atomic E-state index is 17.0. The number of carbonyl (C=O) groups is 3. The van der Waals surface area contributed by atoms with Crippen LogP contribution >= 0.6 is 0 Å². The molecule has 0 aliphatic carbocycles. The number of aryl methyl sites for hydroxylation is 2. The molecule has 4 aromatic rings. The second-order valence-electron chi connectivity index (χ2n) is 17.5. The number of nitrogens with zero attached hydrogens (tertiary/aromatic N) is 4. The van der Waals surface area contributed by atoms with Crippen LogP contribution in [-0.4, -0.2) is 129 Å². The molecule has 1 atom stereocenters. The first kappa shape index (κ1) is 49.0. The molecule has 0 fully saturated rings. The average molecular weight is 937 g/mol. The van der Waals surface area contributed by atoms with Crippen molar-refractivity contribution in [3.05, 3.63) is 106 Å². The zero-order chi connectivity index (χ0) is 48.0. The smallest absolute Gasteiger partial charge is 0.494 e. The molecule has 2 amide bonds. The second kappa shape index (κ2) is 20.4. The molecule has 2 aliphatic rings. The molecular weight excluding hydrogens is 879 g/mol. The van der Waals surface area contributed by atoms with Gasteiger partial charge in [-0.15, -0.1) is 4.73 Å². The van der Waals surface area contributed by atoms with Crippen LogP contribution < -0.4 is 20.2 Å². The van der Waals surface area contributed by atoms with Crippen molar-refractivity contribution in [1.29, 1.82) is 0 Å². The average Bonchev–Trinajstić information content (AvgIpc) is 4.00. The summed E-state index contributed by atoms with van der Waals surface area (Å²) in [6.45, 7) is 0.437. The number of amides is 2. The van der Waals surface area contributed by atoms with Crippen LogP contribution in [-0.2, 0) is 24.5 Å². The van der Waals surface area contributed by atoms with Crippen molar-refractivity contribution in [3.8, 4) is 17.5 Å². The Morgan fingerprint density at radius 1 is 0.939 bits per heavy atom. The topological polar surface area (TPSA) is 217 Å². The first-order valence-electron chi connectivity index (χ1n) is 21.6. The van der Waals surface area contributed by atoms with E-state index in [1.54, 1.807) is 42.5 Å². The minimum atomic E-state index is -4.66. The molecular formula is C45H57BF2N7O10S+. The van der Waals surface area contributed by atoms with Crippen molar-refractivity contribution in [2.24, 2.45) is 0 Å². The fourth-order valence-electron chi connectivity index (χ4n) is 7.80. The molecule has 1 unspecified atom stereocenters. The third-order valence-corrected chi connectivity index (χ3v) is 11.8. The molecule has 6 N–H and O–H groups in total. The predicted octanol–water partition coefficient (Wildman–Crippen LogP) is 4.80. The van der Waals surface area contributed by atoms with Crippen LogP contribution in [0.1, 0.15) is 78.8 Å². The summed E-state index contributed by atoms with van der Waals surface area (Å²) >= 11 is 0. The maximum atomic E-state index is 17.0. The van der Waals surface area contributed by atoms with Gasteiger partial charge in [0.1, 0.15) is 23.2 Å². The Morgan fingerprint density at radius 3 is 2.30 bits per heavy atom. The highest BCUT2D eigenvalue weighted by Gasteiger charge is 2.54. The molecule has 0 saturated heterocycles. The Balaban J connectivity index is 1.00. The summed E-state index contributed by atoms with van der Waals surface area (Å²) in [6, 6.07) is 13.1. The third-order valence-electron chi connectivity index (χ3n) is 11.0. The lowest BCUT2D eigenvalue weighted by atomic mass is 9.88. The number of aromatic nitrogens is 3. The number of ether oxygens (including phenoxy) is 1. The summed E-state index contributed by atoms with van der Waals surface area (Å²) in [6.07, 6.45) is 9.12. The Hall–Kier alpha value is -6.45. The molecule has 5 heterocycles. The predicted molar refractivity (Wildman–Crippen MR) is 245 cm³/mol. The van der Waals surface area contributed by atoms with E-state index in [9.17, 15) is 37.6 Å². The Labute approximate surface area is 382 Å². The number of unbranched alkanes of at least 4 members (excludes halogenated alkanes) is 1. The zero-order valence-electron chi connectivity index (χ0n) is 37.6. The fourth-order valence-corrected chi connectivity index (χ4v) is 8.46. The van der Waals surface area contributed by atoms with Gasteiger partial charge in [-0.1, -0.05) is 18.2 Å². The Bertz CT molecular complexity index is 2670. The number of quaternary nitrogens is 1. The van der Waals surface area contributed by atoms with E-state index in [1.165, 1.54) is 4.49 Å². The molecule has 21 heteroatoms. The molecule has 3 aromatic heterocycles. The number of hydrogen-bond donors (Lipinski definition) is 6. The number of rotatable bonds is 22. The minimum Gasteiger partial charge on any atom is -0.494 e. The van der Waals surface area contributed by atoms with Crippen molar-refractivity contribution in [2.45, 2.75) is 64.8 Å². The summed E-state index contributed by atoms with van der Waals surface area (Å²) in [4.78, 5) is 45.5. The highest BCUT2D eigenvalue weighted by molar-refractivity contribution is 7.85. The number of allylic oxidation sites excluding steroid dienone is 2. The van der Waals surface area contributed by atoms with Crippen LogP contribution in [0.2, 0.25) is 0 Å². The number of aromatic hydroxyl groups is 2. The van der Waals surface area contributed by atoms with Gasteiger partial charge in [0.05, 0.1) is 34.3 Å². The van der Waals surface area contributed by atoms with Gasteiger partial charge in [-0.25, -0.2) is 4.79 Å². The van der Waals surface area contributed by atoms with Crippen LogP contribution in [0.4, 0.5) is 8.63 Å². The van der Waals surface area contributed by atoms with E-state index in [1.807, 2.05) is 38.1 Å². The quantitative estimate of drug-likeness (QED) is 0.0274. The van der Waals surface area contributed by atoms with Gasteiger partial charge < -0.3 is 57.5 Å². The summed E-state index contributed by atoms with van der Waals surface area (Å²) in [7, 11) is 1.69. The molecule has 6 rings (SSSR count). The van der Waals surface area contributed by atoms with Crippen LogP contribution in [0, 0.1) is 13.8 Å². The summed E-state index contributed by atoms with van der Waals surface area (Å²) < 4.78 is 76.1. The van der Waals surface area contributed by atoms with Gasteiger partial charge in [-0.2, -0.15) is 8.42 Å². The second-order valence-corrected chi connectivity index (χ2v) is 19.0. The highest BCUT2D eigenvalue weighted by atomic mass is 32.2. The highest BCUT2D eigenvalue weighted by Crippen LogP contribution is 2.39. The molecule has 0 saturated carbocycles. The molecule has 66 heavy (non-hydrogen) atoms. The Kier molecular flexibility index (Phi) is 15.1. The number of nitrogens with one attached hydrogen (secondary N) is 3. The number of carbonyl (C=O) groups excluding carboxylic acids is 3. The molecule has 0 bridgehead atoms. The minimum absolute atomic E-state index is 0.000763. The molecule has 2 aliphatic heterocycles. The standard InChI is InChI=1S/C45H56BF2N7O10S/c1-30-26-34(52-38(30)28-39-33(10-8-24-55(3,4)5)27-40(53(39)46(52,47)48)36-20-13-31(2)50-36)17-14-32-15-18-35(19-16-32)64-25-9-11-41(56)51-37(29-66(61,62)63)45(60)49-23-7-6-12-44(59)65-54-42(57)21-22-43(54)58/h13-22,26-28,37,50H,6-12,23-25,29H2,1-5H3,(H4-,49,51,56,57,58,60,61,62,63)/p+1. The maximum Gasteiger partial charge on any atom is 0.737 e. The van der Waals surface area contributed by atoms with Gasteiger partial charge in [0.15, 0.2) is 11.4 Å². The number of benzene rings is 1. The summed E-state index contributed by atoms with van der Waals surface area (Å²) in [5, 5.41) is 23.9. The van der Waals surface area contributed by atoms with E-state index in [0.717, 1.165) is 56.5 Å². The van der Waals surface area contributed by atoms with Gasteiger partial charge in [0.2, 0.25) is 23.6 Å². The van der Waals surface area contributed by atoms with Crippen molar-refractivity contribution in [2.75, 3.05) is 46.6 Å². The Morgan fingerprint density at radius 2 is 1.65 bits per heavy atom. The number of fused-ring (bicyclic) bond motifs is 2. The first-order chi connectivity index (χ1) is 31.1. The molecule has 354 valence electrons.